The highest BCUT2D eigenvalue weighted by Crippen LogP contribution is 2.51. The van der Waals surface area contributed by atoms with Gasteiger partial charge in [0, 0.05) is 6.20 Å². The van der Waals surface area contributed by atoms with Gasteiger partial charge in [0.25, 0.3) is 0 Å². The van der Waals surface area contributed by atoms with Crippen molar-refractivity contribution in [1.82, 2.24) is 14.5 Å². The Kier molecular flexibility index (Phi) is 7.73. The molecule has 0 saturated carbocycles. The SMILES string of the molecule is C#C[C@]1(O)[C@H](n2cc(C#N)c3c(N(C(=O)OC(C)(C)C)C(=O)OC(C)(C)C)ncnc32)O[C@](F)(CI)[C@H]1C. The molecule has 2 aromatic rings. The Morgan fingerprint density at radius 3 is 2.26 bits per heavy atom. The molecule has 1 aliphatic rings. The minimum Gasteiger partial charge on any atom is -0.443 e. The van der Waals surface area contributed by atoms with Crippen molar-refractivity contribution in [2.45, 2.75) is 77.4 Å². The Balaban J connectivity index is 2.29. The zero-order valence-corrected chi connectivity index (χ0v) is 24.2. The fraction of sp³-hybridized carbons (Fsp3) is 0.560. The van der Waals surface area contributed by atoms with E-state index >= 15 is 4.39 Å². The molecule has 204 valence electrons. The summed E-state index contributed by atoms with van der Waals surface area (Å²) in [6.07, 6.45) is 4.19. The quantitative estimate of drug-likeness (QED) is 0.289. The summed E-state index contributed by atoms with van der Waals surface area (Å²) in [7, 11) is 0. The molecule has 4 atom stereocenters. The number of carbonyl (C=O) groups excluding carboxylic acids is 2. The lowest BCUT2D eigenvalue weighted by atomic mass is 9.86. The average Bonchev–Trinajstić information content (AvgIpc) is 3.27. The van der Waals surface area contributed by atoms with Crippen molar-refractivity contribution in [3.8, 4) is 18.4 Å². The first kappa shape index (κ1) is 29.5. The van der Waals surface area contributed by atoms with Gasteiger partial charge in [-0.2, -0.15) is 10.2 Å². The average molecular weight is 641 g/mol. The van der Waals surface area contributed by atoms with Gasteiger partial charge in [0.15, 0.2) is 17.6 Å². The molecular weight excluding hydrogens is 612 g/mol. The van der Waals surface area contributed by atoms with Crippen LogP contribution >= 0.6 is 22.6 Å². The van der Waals surface area contributed by atoms with Crippen molar-refractivity contribution in [1.29, 1.82) is 5.26 Å². The molecule has 0 bridgehead atoms. The van der Waals surface area contributed by atoms with Gasteiger partial charge in [0.1, 0.15) is 29.2 Å². The van der Waals surface area contributed by atoms with E-state index in [1.54, 1.807) is 64.1 Å². The third-order valence-electron chi connectivity index (χ3n) is 5.73. The first-order valence-corrected chi connectivity index (χ1v) is 13.1. The summed E-state index contributed by atoms with van der Waals surface area (Å²) in [6, 6.07) is 1.96. The minimum absolute atomic E-state index is 0.0488. The van der Waals surface area contributed by atoms with Gasteiger partial charge in [-0.05, 0) is 41.5 Å². The van der Waals surface area contributed by atoms with Crippen LogP contribution in [-0.4, -0.2) is 58.9 Å². The number of anilines is 1. The molecule has 38 heavy (non-hydrogen) atoms. The van der Waals surface area contributed by atoms with E-state index in [2.05, 4.69) is 15.9 Å². The van der Waals surface area contributed by atoms with Crippen LogP contribution in [-0.2, 0) is 14.2 Å². The molecule has 0 spiro atoms. The number of nitriles is 1. The number of alkyl halides is 2. The number of rotatable bonds is 3. The molecule has 1 N–H and O–H groups in total. The number of fused-ring (bicyclic) bond motifs is 1. The second kappa shape index (κ2) is 9.94. The zero-order valence-electron chi connectivity index (χ0n) is 22.1. The maximum absolute atomic E-state index is 15.5. The maximum atomic E-state index is 15.5. The third kappa shape index (κ3) is 5.28. The second-order valence-electron chi connectivity index (χ2n) is 10.8. The topological polar surface area (TPSA) is 140 Å². The molecule has 3 rings (SSSR count). The predicted octanol–water partition coefficient (Wildman–Crippen LogP) is 4.61. The summed E-state index contributed by atoms with van der Waals surface area (Å²) in [4.78, 5) is 35.3. The van der Waals surface area contributed by atoms with Gasteiger partial charge in [-0.1, -0.05) is 35.4 Å². The number of aliphatic hydroxyl groups is 1. The van der Waals surface area contributed by atoms with Crippen molar-refractivity contribution in [2.75, 3.05) is 9.33 Å². The Morgan fingerprint density at radius 1 is 1.26 bits per heavy atom. The van der Waals surface area contributed by atoms with Crippen LogP contribution in [0.4, 0.5) is 19.8 Å². The lowest BCUT2D eigenvalue weighted by Gasteiger charge is -2.28. The summed E-state index contributed by atoms with van der Waals surface area (Å²) in [5.74, 6) is -1.52. The molecule has 0 unspecified atom stereocenters. The fourth-order valence-corrected chi connectivity index (χ4v) is 4.74. The van der Waals surface area contributed by atoms with E-state index in [4.69, 9.17) is 20.6 Å². The monoisotopic (exact) mass is 641 g/mol. The van der Waals surface area contributed by atoms with Crippen LogP contribution in [0.15, 0.2) is 12.5 Å². The van der Waals surface area contributed by atoms with Crippen LogP contribution in [0.25, 0.3) is 11.0 Å². The molecule has 0 radical (unpaired) electrons. The van der Waals surface area contributed by atoms with Crippen LogP contribution in [0.2, 0.25) is 0 Å². The molecule has 2 amide bonds. The van der Waals surface area contributed by atoms with E-state index in [1.165, 1.54) is 17.7 Å². The van der Waals surface area contributed by atoms with Crippen LogP contribution in [0.5, 0.6) is 0 Å². The van der Waals surface area contributed by atoms with Crippen LogP contribution < -0.4 is 4.90 Å². The molecule has 2 aromatic heterocycles. The molecule has 1 aliphatic heterocycles. The number of carbonyl (C=O) groups is 2. The van der Waals surface area contributed by atoms with Gasteiger partial charge in [-0.15, -0.1) is 6.42 Å². The Labute approximate surface area is 233 Å². The highest BCUT2D eigenvalue weighted by molar-refractivity contribution is 14.1. The molecule has 1 saturated heterocycles. The van der Waals surface area contributed by atoms with E-state index < -0.39 is 47.0 Å². The normalized spacial score (nSPS) is 25.5. The third-order valence-corrected chi connectivity index (χ3v) is 6.77. The van der Waals surface area contributed by atoms with Crippen molar-refractivity contribution < 1.29 is 33.3 Å². The summed E-state index contributed by atoms with van der Waals surface area (Å²) in [5.41, 5.74) is -4.26. The lowest BCUT2D eigenvalue weighted by molar-refractivity contribution is -0.154. The van der Waals surface area contributed by atoms with E-state index in [9.17, 15) is 20.0 Å². The molecule has 0 aliphatic carbocycles. The summed E-state index contributed by atoms with van der Waals surface area (Å²) in [5, 5.41) is 21.2. The van der Waals surface area contributed by atoms with E-state index in [-0.39, 0.29) is 26.8 Å². The van der Waals surface area contributed by atoms with Crippen molar-refractivity contribution in [2.24, 2.45) is 5.92 Å². The zero-order chi connectivity index (χ0) is 28.8. The number of aromatic nitrogens is 3. The van der Waals surface area contributed by atoms with Gasteiger partial charge in [-0.25, -0.2) is 23.9 Å². The number of halogens is 2. The standard InChI is InChI=1S/C25H29FIN5O6/c1-9-24(35)14(2)25(26,12-27)36-19(24)31-11-15(10-28)16-17(31)29-13-30-18(16)32(20(33)37-22(3,4)5)21(34)38-23(6,7)8/h1,11,13-14,19,35H,12H2,2-8H3/t14-,19+,24+,25+/m0/s1. The van der Waals surface area contributed by atoms with Gasteiger partial charge in [-0.3, -0.25) is 0 Å². The number of nitrogens with zero attached hydrogens (tertiary/aromatic N) is 5. The molecule has 3 heterocycles. The molecule has 11 nitrogen and oxygen atoms in total. The van der Waals surface area contributed by atoms with Crippen LogP contribution in [0.1, 0.15) is 60.3 Å². The van der Waals surface area contributed by atoms with Crippen molar-refractivity contribution >= 4 is 51.6 Å². The van der Waals surface area contributed by atoms with Crippen molar-refractivity contribution in [3.63, 3.8) is 0 Å². The smallest absolute Gasteiger partial charge is 0.425 e. The summed E-state index contributed by atoms with van der Waals surface area (Å²) in [6.45, 7) is 11.1. The van der Waals surface area contributed by atoms with E-state index in [1.807, 2.05) is 6.07 Å². The van der Waals surface area contributed by atoms with Crippen molar-refractivity contribution in [3.05, 3.63) is 18.1 Å². The molecule has 13 heteroatoms. The number of amides is 2. The number of imide groups is 1. The van der Waals surface area contributed by atoms with Crippen LogP contribution in [0.3, 0.4) is 0 Å². The summed E-state index contributed by atoms with van der Waals surface area (Å²) >= 11 is 1.79. The minimum atomic E-state index is -2.29. The van der Waals surface area contributed by atoms with Gasteiger partial charge in [0.2, 0.25) is 5.85 Å². The van der Waals surface area contributed by atoms with E-state index in [0.29, 0.717) is 4.90 Å². The highest BCUT2D eigenvalue weighted by Gasteiger charge is 2.62. The summed E-state index contributed by atoms with van der Waals surface area (Å²) < 4.78 is 33.1. The highest BCUT2D eigenvalue weighted by atomic mass is 127. The second-order valence-corrected chi connectivity index (χ2v) is 11.6. The Hall–Kier alpha value is -3.01. The maximum Gasteiger partial charge on any atom is 0.425 e. The number of hydrogen-bond acceptors (Lipinski definition) is 9. The van der Waals surface area contributed by atoms with Gasteiger partial charge in [0.05, 0.1) is 21.3 Å². The number of ether oxygens (including phenoxy) is 3. The van der Waals surface area contributed by atoms with Gasteiger partial charge < -0.3 is 23.9 Å². The Morgan fingerprint density at radius 2 is 1.82 bits per heavy atom. The first-order valence-electron chi connectivity index (χ1n) is 11.6. The number of hydrogen-bond donors (Lipinski definition) is 1. The first-order chi connectivity index (χ1) is 17.4. The van der Waals surface area contributed by atoms with E-state index in [0.717, 1.165) is 6.33 Å². The molecule has 1 fully saturated rings. The molecular formula is C25H29FIN5O6. The fourth-order valence-electron chi connectivity index (χ4n) is 3.90. The largest absolute Gasteiger partial charge is 0.443 e. The predicted molar refractivity (Wildman–Crippen MR) is 143 cm³/mol. The molecule has 0 aromatic carbocycles. The Bertz CT molecular complexity index is 1330. The number of terminal acetylenes is 1. The van der Waals surface area contributed by atoms with Gasteiger partial charge >= 0.3 is 12.2 Å². The van der Waals surface area contributed by atoms with Crippen LogP contribution in [0, 0.1) is 29.6 Å². The lowest BCUT2D eigenvalue weighted by Crippen LogP contribution is -2.44.